The minimum Gasteiger partial charge on any atom is -0.480 e. The minimum atomic E-state index is -2.21. The molecule has 15 heavy (non-hydrogen) atoms. The van der Waals surface area contributed by atoms with Gasteiger partial charge in [-0.05, 0) is 20.8 Å². The van der Waals surface area contributed by atoms with Gasteiger partial charge in [-0.1, -0.05) is 0 Å². The molecule has 0 saturated carbocycles. The summed E-state index contributed by atoms with van der Waals surface area (Å²) in [6.07, 6.45) is -0.650. The minimum absolute atomic E-state index is 0.0270. The van der Waals surface area contributed by atoms with Crippen LogP contribution in [0.3, 0.4) is 0 Å². The lowest BCUT2D eigenvalue weighted by Crippen LogP contribution is -2.51. The fraction of sp³-hybridized carbons (Fsp3) is 0.667. The molecule has 6 heteroatoms. The Labute approximate surface area is 87.4 Å². The van der Waals surface area contributed by atoms with E-state index in [9.17, 15) is 14.4 Å². The summed E-state index contributed by atoms with van der Waals surface area (Å²) in [7, 11) is 0. The molecule has 3 N–H and O–H groups in total. The summed E-state index contributed by atoms with van der Waals surface area (Å²) >= 11 is 0. The number of carbonyl (C=O) groups excluding carboxylic acids is 2. The van der Waals surface area contributed by atoms with Crippen molar-refractivity contribution >= 4 is 18.2 Å². The van der Waals surface area contributed by atoms with Crippen molar-refractivity contribution in [2.75, 3.05) is 0 Å². The van der Waals surface area contributed by atoms with Gasteiger partial charge in [0, 0.05) is 0 Å². The Balaban J connectivity index is 4.52. The highest BCUT2D eigenvalue weighted by Crippen LogP contribution is 2.12. The summed E-state index contributed by atoms with van der Waals surface area (Å²) < 4.78 is 4.84. The Morgan fingerprint density at radius 3 is 2.13 bits per heavy atom. The molecule has 86 valence electrons. The molecule has 0 radical (unpaired) electrons. The number of esters is 1. The van der Waals surface area contributed by atoms with E-state index >= 15 is 0 Å². The Morgan fingerprint density at radius 1 is 1.40 bits per heavy atom. The van der Waals surface area contributed by atoms with Gasteiger partial charge in [-0.25, -0.2) is 4.79 Å². The molecule has 6 nitrogen and oxygen atoms in total. The number of hydrogen-bond donors (Lipinski definition) is 2. The smallest absolute Gasteiger partial charge is 0.331 e. The molecule has 0 saturated heterocycles. The first-order chi connectivity index (χ1) is 6.60. The van der Waals surface area contributed by atoms with Gasteiger partial charge in [0.05, 0.1) is 6.42 Å². The maximum absolute atomic E-state index is 11.2. The maximum Gasteiger partial charge on any atom is 0.331 e. The molecule has 0 rings (SSSR count). The van der Waals surface area contributed by atoms with E-state index in [2.05, 4.69) is 0 Å². The van der Waals surface area contributed by atoms with Crippen molar-refractivity contribution in [2.24, 2.45) is 5.73 Å². The van der Waals surface area contributed by atoms with E-state index in [-0.39, 0.29) is 6.29 Å². The van der Waals surface area contributed by atoms with E-state index in [0.717, 1.165) is 0 Å². The first-order valence-corrected chi connectivity index (χ1v) is 4.31. The predicted molar refractivity (Wildman–Crippen MR) is 51.1 cm³/mol. The van der Waals surface area contributed by atoms with Crippen LogP contribution in [0.4, 0.5) is 0 Å². The number of carboxylic acid groups (broad SMARTS) is 1. The van der Waals surface area contributed by atoms with E-state index in [0.29, 0.717) is 0 Å². The molecule has 0 aromatic heterocycles. The van der Waals surface area contributed by atoms with Crippen molar-refractivity contribution in [3.8, 4) is 0 Å². The Kier molecular flexibility index (Phi) is 3.97. The van der Waals surface area contributed by atoms with Crippen LogP contribution in [0.15, 0.2) is 0 Å². The SMILES string of the molecule is CC(C)(C)OC(=O)C[C@@](N)(C=O)C(=O)O. The molecule has 0 aromatic carbocycles. The Morgan fingerprint density at radius 2 is 1.87 bits per heavy atom. The molecule has 1 atom stereocenters. The van der Waals surface area contributed by atoms with Crippen LogP contribution < -0.4 is 5.73 Å². The third kappa shape index (κ3) is 4.55. The zero-order valence-corrected chi connectivity index (χ0v) is 8.94. The molecular formula is C9H15NO5. The predicted octanol–water partition coefficient (Wildman–Crippen LogP) is -0.301. The number of hydrogen-bond acceptors (Lipinski definition) is 5. The van der Waals surface area contributed by atoms with Crippen LogP contribution in [0, 0.1) is 0 Å². The van der Waals surface area contributed by atoms with E-state index in [1.165, 1.54) is 0 Å². The molecule has 0 heterocycles. The lowest BCUT2D eigenvalue weighted by molar-refractivity contribution is -0.161. The van der Waals surface area contributed by atoms with Crippen LogP contribution in [0.5, 0.6) is 0 Å². The first kappa shape index (κ1) is 13.6. The quantitative estimate of drug-likeness (QED) is 0.380. The van der Waals surface area contributed by atoms with E-state index in [4.69, 9.17) is 15.6 Å². The molecule has 0 fully saturated rings. The van der Waals surface area contributed by atoms with Gasteiger partial charge in [-0.2, -0.15) is 0 Å². The summed E-state index contributed by atoms with van der Waals surface area (Å²) in [4.78, 5) is 32.3. The van der Waals surface area contributed by atoms with Gasteiger partial charge in [-0.15, -0.1) is 0 Å². The van der Waals surface area contributed by atoms with Crippen LogP contribution in [0.2, 0.25) is 0 Å². The lowest BCUT2D eigenvalue weighted by Gasteiger charge is -2.22. The van der Waals surface area contributed by atoms with Crippen molar-refractivity contribution in [3.05, 3.63) is 0 Å². The number of carbonyl (C=O) groups is 3. The highest BCUT2D eigenvalue weighted by atomic mass is 16.6. The fourth-order valence-electron chi connectivity index (χ4n) is 0.784. The van der Waals surface area contributed by atoms with E-state index < -0.39 is 29.5 Å². The van der Waals surface area contributed by atoms with Crippen LogP contribution in [-0.4, -0.2) is 34.5 Å². The summed E-state index contributed by atoms with van der Waals surface area (Å²) in [6.45, 7) is 4.89. The van der Waals surface area contributed by atoms with Gasteiger partial charge in [-0.3, -0.25) is 4.79 Å². The number of rotatable bonds is 4. The van der Waals surface area contributed by atoms with Crippen molar-refractivity contribution in [1.29, 1.82) is 0 Å². The monoisotopic (exact) mass is 217 g/mol. The molecule has 0 unspecified atom stereocenters. The van der Waals surface area contributed by atoms with Crippen molar-refractivity contribution in [3.63, 3.8) is 0 Å². The molecule has 0 bridgehead atoms. The summed E-state index contributed by atoms with van der Waals surface area (Å²) in [5, 5.41) is 8.62. The van der Waals surface area contributed by atoms with Gasteiger partial charge in [0.1, 0.15) is 5.60 Å². The average Bonchev–Trinajstić information content (AvgIpc) is 1.99. The van der Waals surface area contributed by atoms with Crippen molar-refractivity contribution < 1.29 is 24.2 Å². The first-order valence-electron chi connectivity index (χ1n) is 4.31. The molecular weight excluding hydrogens is 202 g/mol. The number of nitrogens with two attached hydrogens (primary N) is 1. The topological polar surface area (TPSA) is 107 Å². The zero-order chi connectivity index (χ0) is 12.3. The normalized spacial score (nSPS) is 15.2. The molecule has 0 aliphatic heterocycles. The third-order valence-electron chi connectivity index (χ3n) is 1.47. The van der Waals surface area contributed by atoms with E-state index in [1.807, 2.05) is 0 Å². The maximum atomic E-state index is 11.2. The highest BCUT2D eigenvalue weighted by Gasteiger charge is 2.37. The molecule has 0 amide bonds. The van der Waals surface area contributed by atoms with Crippen LogP contribution in [0.1, 0.15) is 27.2 Å². The summed E-state index contributed by atoms with van der Waals surface area (Å²) in [5.41, 5.74) is 2.25. The number of carboxylic acids is 1. The molecule has 0 aliphatic rings. The van der Waals surface area contributed by atoms with E-state index in [1.54, 1.807) is 20.8 Å². The van der Waals surface area contributed by atoms with Gasteiger partial charge >= 0.3 is 11.9 Å². The summed E-state index contributed by atoms with van der Waals surface area (Å²) in [5.74, 6) is -2.37. The average molecular weight is 217 g/mol. The van der Waals surface area contributed by atoms with Crippen LogP contribution in [-0.2, 0) is 19.1 Å². The Hall–Kier alpha value is -1.43. The van der Waals surface area contributed by atoms with Gasteiger partial charge in [0.25, 0.3) is 0 Å². The second kappa shape index (κ2) is 4.39. The van der Waals surface area contributed by atoms with Crippen LogP contribution >= 0.6 is 0 Å². The standard InChI is InChI=1S/C9H15NO5/c1-8(2,3)15-6(12)4-9(10,5-11)7(13)14/h5H,4,10H2,1-3H3,(H,13,14)/t9-/m1/s1. The lowest BCUT2D eigenvalue weighted by atomic mass is 9.99. The second-order valence-electron chi connectivity index (χ2n) is 4.23. The number of ether oxygens (including phenoxy) is 1. The molecule has 0 spiro atoms. The third-order valence-corrected chi connectivity index (χ3v) is 1.47. The summed E-state index contributed by atoms with van der Waals surface area (Å²) in [6, 6.07) is 0. The molecule has 0 aliphatic carbocycles. The number of aldehydes is 1. The van der Waals surface area contributed by atoms with Crippen molar-refractivity contribution in [1.82, 2.24) is 0 Å². The zero-order valence-electron chi connectivity index (χ0n) is 8.94. The van der Waals surface area contributed by atoms with Gasteiger partial charge in [0.15, 0.2) is 11.8 Å². The largest absolute Gasteiger partial charge is 0.480 e. The second-order valence-corrected chi connectivity index (χ2v) is 4.23. The fourth-order valence-corrected chi connectivity index (χ4v) is 0.784. The van der Waals surface area contributed by atoms with Crippen molar-refractivity contribution in [2.45, 2.75) is 38.3 Å². The Bertz CT molecular complexity index is 281. The van der Waals surface area contributed by atoms with Gasteiger partial charge in [0.2, 0.25) is 0 Å². The number of aliphatic carboxylic acids is 1. The highest BCUT2D eigenvalue weighted by molar-refractivity contribution is 6.00. The molecule has 0 aromatic rings. The van der Waals surface area contributed by atoms with Crippen LogP contribution in [0.25, 0.3) is 0 Å². The van der Waals surface area contributed by atoms with Gasteiger partial charge < -0.3 is 20.4 Å².